The highest BCUT2D eigenvalue weighted by atomic mass is 35.5. The second kappa shape index (κ2) is 5.32. The number of carbonyl (C=O) groups is 1. The molecule has 6 nitrogen and oxygen atoms in total. The molecule has 1 amide bonds. The van der Waals surface area contributed by atoms with E-state index in [4.69, 9.17) is 16.7 Å². The maximum absolute atomic E-state index is 10.5. The summed E-state index contributed by atoms with van der Waals surface area (Å²) in [4.78, 5) is 20.3. The topological polar surface area (TPSA) is 92.5 Å². The van der Waals surface area contributed by atoms with Crippen molar-refractivity contribution in [2.45, 2.75) is 6.04 Å². The third-order valence-electron chi connectivity index (χ3n) is 1.91. The van der Waals surface area contributed by atoms with Gasteiger partial charge in [0.15, 0.2) is 0 Å². The van der Waals surface area contributed by atoms with Crippen LogP contribution in [-0.4, -0.2) is 22.7 Å². The lowest BCUT2D eigenvalue weighted by Gasteiger charge is -2.14. The van der Waals surface area contributed by atoms with Gasteiger partial charge in [-0.25, -0.2) is 4.79 Å². The number of nitro groups is 1. The predicted octanol–water partition coefficient (Wildman–Crippen LogP) is 1.93. The molecule has 0 aliphatic carbocycles. The quantitative estimate of drug-likeness (QED) is 0.625. The zero-order valence-corrected chi connectivity index (χ0v) is 8.85. The summed E-state index contributed by atoms with van der Waals surface area (Å²) in [6, 6.07) is 5.45. The molecule has 0 heterocycles. The molecule has 2 N–H and O–H groups in total. The van der Waals surface area contributed by atoms with Crippen LogP contribution in [0, 0.1) is 10.1 Å². The van der Waals surface area contributed by atoms with Crippen LogP contribution in [0.5, 0.6) is 0 Å². The molecule has 0 radical (unpaired) electrons. The standard InChI is InChI=1S/C9H9ClN2O4/c10-7-4-2-1-3-6(7)8(5-12(15)16)11-9(13)14/h1-4,8,11H,5H2,(H,13,14). The summed E-state index contributed by atoms with van der Waals surface area (Å²) < 4.78 is 0. The molecule has 0 spiro atoms. The lowest BCUT2D eigenvalue weighted by Crippen LogP contribution is -2.32. The molecule has 1 aromatic rings. The summed E-state index contributed by atoms with van der Waals surface area (Å²) in [7, 11) is 0. The summed E-state index contributed by atoms with van der Waals surface area (Å²) in [5, 5.41) is 21.3. The summed E-state index contributed by atoms with van der Waals surface area (Å²) in [6.07, 6.45) is -1.33. The molecule has 0 aliphatic rings. The van der Waals surface area contributed by atoms with Crippen molar-refractivity contribution in [1.82, 2.24) is 5.32 Å². The predicted molar refractivity (Wildman–Crippen MR) is 57.2 cm³/mol. The van der Waals surface area contributed by atoms with Gasteiger partial charge in [0, 0.05) is 9.95 Å². The lowest BCUT2D eigenvalue weighted by atomic mass is 10.1. The average molecular weight is 245 g/mol. The van der Waals surface area contributed by atoms with E-state index in [0.29, 0.717) is 10.6 Å². The lowest BCUT2D eigenvalue weighted by molar-refractivity contribution is -0.484. The Labute approximate surface area is 96.0 Å². The molecule has 86 valence electrons. The molecule has 7 heteroatoms. The smallest absolute Gasteiger partial charge is 0.405 e. The molecular weight excluding hydrogens is 236 g/mol. The van der Waals surface area contributed by atoms with Gasteiger partial charge in [0.25, 0.3) is 0 Å². The third kappa shape index (κ3) is 3.39. The minimum absolute atomic E-state index is 0.295. The Kier molecular flexibility index (Phi) is 4.07. The first-order chi connectivity index (χ1) is 7.50. The summed E-state index contributed by atoms with van der Waals surface area (Å²) in [5.74, 6) is 0. The molecule has 0 fully saturated rings. The highest BCUT2D eigenvalue weighted by Crippen LogP contribution is 2.22. The van der Waals surface area contributed by atoms with E-state index in [-0.39, 0.29) is 0 Å². The van der Waals surface area contributed by atoms with Crippen molar-refractivity contribution in [3.63, 3.8) is 0 Å². The number of carboxylic acid groups (broad SMARTS) is 1. The molecule has 1 aromatic carbocycles. The van der Waals surface area contributed by atoms with Crippen LogP contribution in [0.4, 0.5) is 4.79 Å². The number of hydrogen-bond donors (Lipinski definition) is 2. The van der Waals surface area contributed by atoms with Crippen molar-refractivity contribution < 1.29 is 14.8 Å². The first-order valence-electron chi connectivity index (χ1n) is 4.36. The number of nitrogens with one attached hydrogen (secondary N) is 1. The number of benzene rings is 1. The molecule has 1 unspecified atom stereocenters. The molecule has 0 saturated carbocycles. The monoisotopic (exact) mass is 244 g/mol. The molecule has 0 aliphatic heterocycles. The van der Waals surface area contributed by atoms with Gasteiger partial charge in [-0.2, -0.15) is 0 Å². The van der Waals surface area contributed by atoms with E-state index in [2.05, 4.69) is 5.32 Å². The van der Waals surface area contributed by atoms with Gasteiger partial charge in [-0.05, 0) is 11.6 Å². The van der Waals surface area contributed by atoms with E-state index in [1.165, 1.54) is 0 Å². The van der Waals surface area contributed by atoms with E-state index in [1.54, 1.807) is 24.3 Å². The van der Waals surface area contributed by atoms with Gasteiger partial charge in [0.1, 0.15) is 6.04 Å². The highest BCUT2D eigenvalue weighted by molar-refractivity contribution is 6.31. The summed E-state index contributed by atoms with van der Waals surface area (Å²) in [6.45, 7) is -0.546. The fourth-order valence-electron chi connectivity index (χ4n) is 1.28. The van der Waals surface area contributed by atoms with Crippen LogP contribution in [-0.2, 0) is 0 Å². The van der Waals surface area contributed by atoms with Gasteiger partial charge < -0.3 is 10.4 Å². The van der Waals surface area contributed by atoms with Crippen molar-refractivity contribution >= 4 is 17.7 Å². The Balaban J connectivity index is 2.96. The molecular formula is C9H9ClN2O4. The minimum Gasteiger partial charge on any atom is -0.465 e. The van der Waals surface area contributed by atoms with Crippen LogP contribution < -0.4 is 5.32 Å². The van der Waals surface area contributed by atoms with Crippen LogP contribution >= 0.6 is 11.6 Å². The molecule has 0 aromatic heterocycles. The normalized spacial score (nSPS) is 11.8. The Morgan fingerprint density at radius 1 is 1.56 bits per heavy atom. The van der Waals surface area contributed by atoms with Crippen LogP contribution in [0.25, 0.3) is 0 Å². The number of halogens is 1. The largest absolute Gasteiger partial charge is 0.465 e. The average Bonchev–Trinajstić information content (AvgIpc) is 2.15. The van der Waals surface area contributed by atoms with E-state index in [1.807, 2.05) is 0 Å². The van der Waals surface area contributed by atoms with Gasteiger partial charge in [-0.15, -0.1) is 0 Å². The van der Waals surface area contributed by atoms with Crippen LogP contribution in [0.1, 0.15) is 11.6 Å². The number of rotatable bonds is 4. The van der Waals surface area contributed by atoms with E-state index in [0.717, 1.165) is 0 Å². The summed E-state index contributed by atoms with van der Waals surface area (Å²) >= 11 is 5.83. The van der Waals surface area contributed by atoms with E-state index >= 15 is 0 Å². The molecule has 16 heavy (non-hydrogen) atoms. The Morgan fingerprint density at radius 2 is 2.19 bits per heavy atom. The van der Waals surface area contributed by atoms with Crippen molar-refractivity contribution in [3.05, 3.63) is 45.0 Å². The van der Waals surface area contributed by atoms with Gasteiger partial charge in [0.2, 0.25) is 6.54 Å². The fourth-order valence-corrected chi connectivity index (χ4v) is 1.54. The first-order valence-corrected chi connectivity index (χ1v) is 4.74. The minimum atomic E-state index is -1.33. The second-order valence-corrected chi connectivity index (χ2v) is 3.45. The van der Waals surface area contributed by atoms with Crippen molar-refractivity contribution in [3.8, 4) is 0 Å². The maximum atomic E-state index is 10.5. The zero-order valence-electron chi connectivity index (χ0n) is 8.09. The number of amides is 1. The number of hydrogen-bond acceptors (Lipinski definition) is 3. The number of nitrogens with zero attached hydrogens (tertiary/aromatic N) is 1. The summed E-state index contributed by atoms with van der Waals surface area (Å²) in [5.41, 5.74) is 0.392. The zero-order chi connectivity index (χ0) is 12.1. The van der Waals surface area contributed by atoms with E-state index in [9.17, 15) is 14.9 Å². The van der Waals surface area contributed by atoms with Gasteiger partial charge in [-0.3, -0.25) is 10.1 Å². The first kappa shape index (κ1) is 12.3. The van der Waals surface area contributed by atoms with Crippen molar-refractivity contribution in [2.75, 3.05) is 6.54 Å². The second-order valence-electron chi connectivity index (χ2n) is 3.04. The highest BCUT2D eigenvalue weighted by Gasteiger charge is 2.21. The Bertz CT molecular complexity index is 394. The van der Waals surface area contributed by atoms with E-state index < -0.39 is 23.6 Å². The van der Waals surface area contributed by atoms with Crippen molar-refractivity contribution in [2.24, 2.45) is 0 Å². The SMILES string of the molecule is O=C(O)NC(C[N+](=O)[O-])c1ccccc1Cl. The van der Waals surface area contributed by atoms with Gasteiger partial charge in [0.05, 0.1) is 0 Å². The maximum Gasteiger partial charge on any atom is 0.405 e. The van der Waals surface area contributed by atoms with Gasteiger partial charge >= 0.3 is 6.09 Å². The third-order valence-corrected chi connectivity index (χ3v) is 2.25. The molecule has 1 atom stereocenters. The van der Waals surface area contributed by atoms with Crippen LogP contribution in [0.3, 0.4) is 0 Å². The van der Waals surface area contributed by atoms with Crippen LogP contribution in [0.15, 0.2) is 24.3 Å². The Hall–Kier alpha value is -1.82. The Morgan fingerprint density at radius 3 is 2.69 bits per heavy atom. The van der Waals surface area contributed by atoms with Crippen LogP contribution in [0.2, 0.25) is 5.02 Å². The molecule has 0 bridgehead atoms. The van der Waals surface area contributed by atoms with Crippen molar-refractivity contribution in [1.29, 1.82) is 0 Å². The molecule has 0 saturated heterocycles. The fraction of sp³-hybridized carbons (Fsp3) is 0.222. The molecule has 1 rings (SSSR count). The van der Waals surface area contributed by atoms with Gasteiger partial charge in [-0.1, -0.05) is 29.8 Å².